The van der Waals surface area contributed by atoms with Gasteiger partial charge in [-0.15, -0.1) is 11.8 Å². The molecule has 3 rings (SSSR count). The van der Waals surface area contributed by atoms with Crippen molar-refractivity contribution in [2.75, 3.05) is 37.8 Å². The van der Waals surface area contributed by atoms with Crippen molar-refractivity contribution in [2.45, 2.75) is 31.6 Å². The van der Waals surface area contributed by atoms with Gasteiger partial charge in [0.05, 0.1) is 12.8 Å². The predicted octanol–water partition coefficient (Wildman–Crippen LogP) is 4.75. The fourth-order valence-corrected chi connectivity index (χ4v) is 4.51. The predicted molar refractivity (Wildman–Crippen MR) is 117 cm³/mol. The highest BCUT2D eigenvalue weighted by Gasteiger charge is 2.25. The van der Waals surface area contributed by atoms with Gasteiger partial charge >= 0.3 is 0 Å². The molecule has 28 heavy (non-hydrogen) atoms. The van der Waals surface area contributed by atoms with E-state index in [2.05, 4.69) is 42.3 Å². The Hall–Kier alpha value is -1.98. The lowest BCUT2D eigenvalue weighted by Gasteiger charge is -2.31. The van der Waals surface area contributed by atoms with Crippen LogP contribution in [0.5, 0.6) is 5.75 Å². The third kappa shape index (κ3) is 5.52. The molecule has 1 N–H and O–H groups in total. The second-order valence-electron chi connectivity index (χ2n) is 7.40. The Morgan fingerprint density at radius 2 is 1.89 bits per heavy atom. The lowest BCUT2D eigenvalue weighted by Crippen LogP contribution is -2.39. The molecular weight excluding hydrogens is 368 g/mol. The number of para-hydroxylation sites is 2. The molecule has 0 spiro atoms. The van der Waals surface area contributed by atoms with E-state index < -0.39 is 0 Å². The second kappa shape index (κ2) is 9.99. The van der Waals surface area contributed by atoms with Crippen molar-refractivity contribution in [3.63, 3.8) is 0 Å². The molecule has 0 atom stereocenters. The number of carbonyl (C=O) groups is 1. The Morgan fingerprint density at radius 1 is 1.14 bits per heavy atom. The number of thioether (sulfide) groups is 1. The molecule has 2 aromatic rings. The first kappa shape index (κ1) is 20.7. The normalized spacial score (nSPS) is 15.4. The topological polar surface area (TPSA) is 41.6 Å². The van der Waals surface area contributed by atoms with E-state index in [4.69, 9.17) is 4.74 Å². The zero-order valence-corrected chi connectivity index (χ0v) is 17.8. The third-order valence-corrected chi connectivity index (χ3v) is 6.45. The van der Waals surface area contributed by atoms with Crippen molar-refractivity contribution < 1.29 is 9.53 Å². The van der Waals surface area contributed by atoms with Crippen LogP contribution in [0.1, 0.15) is 24.0 Å². The van der Waals surface area contributed by atoms with E-state index >= 15 is 0 Å². The highest BCUT2D eigenvalue weighted by atomic mass is 32.2. The molecule has 1 heterocycles. The van der Waals surface area contributed by atoms with Gasteiger partial charge in [-0.3, -0.25) is 4.79 Å². The van der Waals surface area contributed by atoms with E-state index in [1.165, 1.54) is 16.0 Å². The van der Waals surface area contributed by atoms with Crippen molar-refractivity contribution in [2.24, 2.45) is 5.92 Å². The summed E-state index contributed by atoms with van der Waals surface area (Å²) >= 11 is 1.92. The third-order valence-electron chi connectivity index (χ3n) is 5.48. The molecule has 2 aromatic carbocycles. The quantitative estimate of drug-likeness (QED) is 0.683. The number of likely N-dealkylation sites (tertiary alicyclic amines) is 1. The number of benzene rings is 2. The van der Waals surface area contributed by atoms with Gasteiger partial charge in [-0.25, -0.2) is 0 Å². The summed E-state index contributed by atoms with van der Waals surface area (Å²) in [6, 6.07) is 14.2. The molecule has 1 amide bonds. The van der Waals surface area contributed by atoms with Crippen molar-refractivity contribution in [1.82, 2.24) is 4.90 Å². The van der Waals surface area contributed by atoms with Crippen LogP contribution in [0.4, 0.5) is 5.69 Å². The van der Waals surface area contributed by atoms with Crippen LogP contribution in [0, 0.1) is 19.8 Å². The standard InChI is InChI=1S/C23H30N2O2S/c1-17-8-9-20(16-18(17)2)28-15-14-25-12-10-19(11-13-25)23(26)24-21-6-4-5-7-22(21)27-3/h4-9,16,19H,10-15H2,1-3H3,(H,24,26). The van der Waals surface area contributed by atoms with Gasteiger partial charge in [-0.2, -0.15) is 0 Å². The molecule has 150 valence electrons. The molecular formula is C23H30N2O2S. The maximum Gasteiger partial charge on any atom is 0.227 e. The van der Waals surface area contributed by atoms with Gasteiger partial charge in [0, 0.05) is 23.1 Å². The van der Waals surface area contributed by atoms with Crippen LogP contribution < -0.4 is 10.1 Å². The highest BCUT2D eigenvalue weighted by molar-refractivity contribution is 7.99. The minimum atomic E-state index is 0.0774. The summed E-state index contributed by atoms with van der Waals surface area (Å²) in [6.07, 6.45) is 1.82. The first-order valence-electron chi connectivity index (χ1n) is 9.93. The van der Waals surface area contributed by atoms with Crippen molar-refractivity contribution in [1.29, 1.82) is 0 Å². The Labute approximate surface area is 172 Å². The first-order valence-corrected chi connectivity index (χ1v) is 10.9. The summed E-state index contributed by atoms with van der Waals surface area (Å²) in [6.45, 7) is 7.35. The van der Waals surface area contributed by atoms with Gasteiger partial charge in [0.2, 0.25) is 5.91 Å². The number of rotatable bonds is 7. The fourth-order valence-electron chi connectivity index (χ4n) is 3.50. The molecule has 1 aliphatic heterocycles. The maximum atomic E-state index is 12.6. The lowest BCUT2D eigenvalue weighted by molar-refractivity contribution is -0.121. The summed E-state index contributed by atoms with van der Waals surface area (Å²) in [7, 11) is 1.62. The van der Waals surface area contributed by atoms with E-state index in [9.17, 15) is 4.79 Å². The number of anilines is 1. The molecule has 0 aliphatic carbocycles. The van der Waals surface area contributed by atoms with Crippen molar-refractivity contribution >= 4 is 23.4 Å². The number of methoxy groups -OCH3 is 1. The number of nitrogens with zero attached hydrogens (tertiary/aromatic N) is 1. The smallest absolute Gasteiger partial charge is 0.227 e. The van der Waals surface area contributed by atoms with Crippen molar-refractivity contribution in [3.05, 3.63) is 53.6 Å². The van der Waals surface area contributed by atoms with E-state index in [1.54, 1.807) is 7.11 Å². The van der Waals surface area contributed by atoms with Crippen molar-refractivity contribution in [3.8, 4) is 5.75 Å². The zero-order chi connectivity index (χ0) is 19.9. The average Bonchev–Trinajstić information content (AvgIpc) is 2.71. The maximum absolute atomic E-state index is 12.6. The minimum absolute atomic E-state index is 0.0774. The van der Waals surface area contributed by atoms with Crippen LogP contribution in [0.15, 0.2) is 47.4 Å². The van der Waals surface area contributed by atoms with Gasteiger partial charge in [-0.1, -0.05) is 18.2 Å². The Kier molecular flexibility index (Phi) is 7.40. The summed E-state index contributed by atoms with van der Waals surface area (Å²) in [5, 5.41) is 3.03. The van der Waals surface area contributed by atoms with Gasteiger partial charge < -0.3 is 15.0 Å². The van der Waals surface area contributed by atoms with Gasteiger partial charge in [-0.05, 0) is 75.2 Å². The molecule has 0 saturated carbocycles. The van der Waals surface area contributed by atoms with Crippen LogP contribution in [-0.2, 0) is 4.79 Å². The minimum Gasteiger partial charge on any atom is -0.495 e. The molecule has 0 bridgehead atoms. The van der Waals surface area contributed by atoms with Gasteiger partial charge in [0.25, 0.3) is 0 Å². The summed E-state index contributed by atoms with van der Waals surface area (Å²) < 4.78 is 5.32. The number of carbonyl (C=O) groups excluding carboxylic acids is 1. The first-order chi connectivity index (χ1) is 13.6. The van der Waals surface area contributed by atoms with E-state index in [1.807, 2.05) is 36.0 Å². The van der Waals surface area contributed by atoms with Gasteiger partial charge in [0.15, 0.2) is 0 Å². The van der Waals surface area contributed by atoms with Crippen LogP contribution in [0.2, 0.25) is 0 Å². The number of piperidine rings is 1. The van der Waals surface area contributed by atoms with E-state index in [-0.39, 0.29) is 11.8 Å². The van der Waals surface area contributed by atoms with Crippen LogP contribution in [0.25, 0.3) is 0 Å². The van der Waals surface area contributed by atoms with Crippen LogP contribution >= 0.6 is 11.8 Å². The number of hydrogen-bond donors (Lipinski definition) is 1. The molecule has 1 aliphatic rings. The number of hydrogen-bond acceptors (Lipinski definition) is 4. The van der Waals surface area contributed by atoms with Gasteiger partial charge in [0.1, 0.15) is 5.75 Å². The number of amides is 1. The SMILES string of the molecule is COc1ccccc1NC(=O)C1CCN(CCSc2ccc(C)c(C)c2)CC1. The number of ether oxygens (including phenoxy) is 1. The molecule has 0 unspecified atom stereocenters. The zero-order valence-electron chi connectivity index (χ0n) is 17.0. The molecule has 5 heteroatoms. The second-order valence-corrected chi connectivity index (χ2v) is 8.57. The fraction of sp³-hybridized carbons (Fsp3) is 0.435. The van der Waals surface area contributed by atoms with Crippen LogP contribution in [-0.4, -0.2) is 43.3 Å². The molecule has 0 radical (unpaired) electrons. The summed E-state index contributed by atoms with van der Waals surface area (Å²) in [4.78, 5) is 16.4. The summed E-state index contributed by atoms with van der Waals surface area (Å²) in [5.74, 6) is 1.97. The number of aryl methyl sites for hydroxylation is 2. The molecule has 0 aromatic heterocycles. The molecule has 4 nitrogen and oxygen atoms in total. The van der Waals surface area contributed by atoms with Crippen LogP contribution in [0.3, 0.4) is 0 Å². The lowest BCUT2D eigenvalue weighted by atomic mass is 9.96. The Balaban J connectivity index is 1.41. The van der Waals surface area contributed by atoms with E-state index in [0.29, 0.717) is 5.75 Å². The summed E-state index contributed by atoms with van der Waals surface area (Å²) in [5.41, 5.74) is 3.45. The molecule has 1 saturated heterocycles. The van der Waals surface area contributed by atoms with E-state index in [0.717, 1.165) is 43.9 Å². The Morgan fingerprint density at radius 3 is 2.61 bits per heavy atom. The Bertz CT molecular complexity index is 801. The largest absolute Gasteiger partial charge is 0.495 e. The monoisotopic (exact) mass is 398 g/mol. The number of nitrogens with one attached hydrogen (secondary N) is 1. The average molecular weight is 399 g/mol. The molecule has 1 fully saturated rings. The highest BCUT2D eigenvalue weighted by Crippen LogP contribution is 2.26.